The molecule has 2 heterocycles. The van der Waals surface area contributed by atoms with Crippen LogP contribution in [0.2, 0.25) is 0 Å². The molecule has 0 atom stereocenters. The van der Waals surface area contributed by atoms with Crippen LogP contribution >= 0.6 is 0 Å². The molecule has 76 valence electrons. The van der Waals surface area contributed by atoms with Gasteiger partial charge in [-0.3, -0.25) is 0 Å². The summed E-state index contributed by atoms with van der Waals surface area (Å²) in [5.41, 5.74) is 1.000. The van der Waals surface area contributed by atoms with Gasteiger partial charge in [-0.25, -0.2) is 0 Å². The highest BCUT2D eigenvalue weighted by atomic mass is 16.5. The van der Waals surface area contributed by atoms with Crippen molar-refractivity contribution in [1.82, 2.24) is 15.5 Å². The van der Waals surface area contributed by atoms with E-state index < -0.39 is 0 Å². The third-order valence-corrected chi connectivity index (χ3v) is 2.60. The first-order valence-corrected chi connectivity index (χ1v) is 5.03. The molecule has 1 N–H and O–H groups in total. The topological polar surface area (TPSA) is 51.0 Å². The lowest BCUT2D eigenvalue weighted by Crippen LogP contribution is -2.40. The molecule has 4 nitrogen and oxygen atoms in total. The Bertz CT molecular complexity index is 448. The first kappa shape index (κ1) is 8.61. The summed E-state index contributed by atoms with van der Waals surface area (Å²) in [5, 5.41) is 7.16. The molecule has 4 heteroatoms. The molecule has 1 fully saturated rings. The maximum atomic E-state index is 5.22. The van der Waals surface area contributed by atoms with E-state index in [-0.39, 0.29) is 0 Å². The number of nitrogens with zero attached hydrogens (tertiary/aromatic N) is 2. The van der Waals surface area contributed by atoms with E-state index in [0.717, 1.165) is 24.5 Å². The first-order valence-electron chi connectivity index (χ1n) is 5.03. The Balaban J connectivity index is 1.90. The van der Waals surface area contributed by atoms with Crippen LogP contribution in [0, 0.1) is 0 Å². The van der Waals surface area contributed by atoms with Crippen molar-refractivity contribution in [2.75, 3.05) is 13.1 Å². The number of aromatic nitrogens is 2. The molecular formula is C11H11N3O. The highest BCUT2D eigenvalue weighted by molar-refractivity contribution is 5.53. The number of hydrogen-bond donors (Lipinski definition) is 1. The molecule has 3 rings (SSSR count). The zero-order valence-electron chi connectivity index (χ0n) is 8.18. The van der Waals surface area contributed by atoms with Crippen molar-refractivity contribution >= 4 is 0 Å². The molecule has 0 unspecified atom stereocenters. The lowest BCUT2D eigenvalue weighted by Gasteiger charge is -2.22. The van der Waals surface area contributed by atoms with E-state index in [1.165, 1.54) is 0 Å². The molecule has 0 amide bonds. The monoisotopic (exact) mass is 201 g/mol. The van der Waals surface area contributed by atoms with Crippen LogP contribution in [0.1, 0.15) is 11.8 Å². The number of benzene rings is 1. The molecule has 0 spiro atoms. The summed E-state index contributed by atoms with van der Waals surface area (Å²) < 4.78 is 5.22. The molecule has 0 radical (unpaired) electrons. The average Bonchev–Trinajstić information content (AvgIpc) is 2.66. The largest absolute Gasteiger partial charge is 0.339 e. The lowest BCUT2D eigenvalue weighted by molar-refractivity contribution is 0.308. The maximum absolute atomic E-state index is 5.22. The lowest BCUT2D eigenvalue weighted by atomic mass is 10.0. The second-order valence-corrected chi connectivity index (χ2v) is 3.68. The van der Waals surface area contributed by atoms with Crippen molar-refractivity contribution in [3.05, 3.63) is 36.2 Å². The van der Waals surface area contributed by atoms with Crippen molar-refractivity contribution in [3.63, 3.8) is 0 Å². The Labute approximate surface area is 87.3 Å². The van der Waals surface area contributed by atoms with Crippen LogP contribution in [0.3, 0.4) is 0 Å². The minimum Gasteiger partial charge on any atom is -0.339 e. The molecule has 0 aliphatic carbocycles. The van der Waals surface area contributed by atoms with Crippen LogP contribution in [0.5, 0.6) is 0 Å². The Hall–Kier alpha value is -1.68. The molecule has 2 aromatic rings. The summed E-state index contributed by atoms with van der Waals surface area (Å²) in [6, 6.07) is 9.87. The van der Waals surface area contributed by atoms with Gasteiger partial charge in [-0.05, 0) is 0 Å². The van der Waals surface area contributed by atoms with Crippen LogP contribution in [0.15, 0.2) is 34.9 Å². The van der Waals surface area contributed by atoms with Gasteiger partial charge >= 0.3 is 0 Å². The molecule has 1 aliphatic heterocycles. The van der Waals surface area contributed by atoms with Crippen LogP contribution in [-0.4, -0.2) is 23.2 Å². The van der Waals surface area contributed by atoms with Crippen LogP contribution in [0.4, 0.5) is 0 Å². The molecule has 1 aromatic carbocycles. The summed E-state index contributed by atoms with van der Waals surface area (Å²) in [7, 11) is 0. The van der Waals surface area contributed by atoms with E-state index >= 15 is 0 Å². The molecule has 15 heavy (non-hydrogen) atoms. The minimum atomic E-state index is 0.398. The van der Waals surface area contributed by atoms with Gasteiger partial charge in [0.05, 0.1) is 5.92 Å². The molecule has 0 saturated carbocycles. The van der Waals surface area contributed by atoms with Crippen LogP contribution < -0.4 is 5.32 Å². The third kappa shape index (κ3) is 1.53. The Kier molecular flexibility index (Phi) is 1.99. The van der Waals surface area contributed by atoms with Crippen molar-refractivity contribution in [2.24, 2.45) is 0 Å². The fourth-order valence-corrected chi connectivity index (χ4v) is 1.57. The molecule has 0 bridgehead atoms. The van der Waals surface area contributed by atoms with E-state index in [1.54, 1.807) is 0 Å². The Morgan fingerprint density at radius 1 is 1.20 bits per heavy atom. The summed E-state index contributed by atoms with van der Waals surface area (Å²) >= 11 is 0. The number of rotatable bonds is 2. The van der Waals surface area contributed by atoms with Crippen LogP contribution in [-0.2, 0) is 0 Å². The van der Waals surface area contributed by atoms with E-state index in [4.69, 9.17) is 4.52 Å². The van der Waals surface area contributed by atoms with E-state index in [0.29, 0.717) is 11.7 Å². The van der Waals surface area contributed by atoms with Gasteiger partial charge in [0.2, 0.25) is 11.7 Å². The predicted octanol–water partition coefficient (Wildman–Crippen LogP) is 1.42. The predicted molar refractivity (Wildman–Crippen MR) is 55.3 cm³/mol. The first-order chi connectivity index (χ1) is 7.43. The van der Waals surface area contributed by atoms with Gasteiger partial charge in [0.1, 0.15) is 0 Å². The SMILES string of the molecule is c1ccc(-c2noc(C3CNC3)n2)cc1. The van der Waals surface area contributed by atoms with Gasteiger partial charge in [-0.1, -0.05) is 35.5 Å². The van der Waals surface area contributed by atoms with Crippen molar-refractivity contribution in [3.8, 4) is 11.4 Å². The van der Waals surface area contributed by atoms with Gasteiger partial charge in [0, 0.05) is 18.7 Å². The quantitative estimate of drug-likeness (QED) is 0.798. The second kappa shape index (κ2) is 3.47. The number of nitrogens with one attached hydrogen (secondary N) is 1. The minimum absolute atomic E-state index is 0.398. The Morgan fingerprint density at radius 2 is 2.00 bits per heavy atom. The standard InChI is InChI=1S/C11H11N3O/c1-2-4-8(5-3-1)10-13-11(15-14-10)9-6-12-7-9/h1-5,9,12H,6-7H2. The van der Waals surface area contributed by atoms with Gasteiger partial charge in [0.25, 0.3) is 0 Å². The average molecular weight is 201 g/mol. The molecular weight excluding hydrogens is 190 g/mol. The van der Waals surface area contributed by atoms with Gasteiger partial charge in [-0.2, -0.15) is 4.98 Å². The summed E-state index contributed by atoms with van der Waals surface area (Å²) in [5.74, 6) is 1.82. The maximum Gasteiger partial charge on any atom is 0.232 e. The molecule has 1 saturated heterocycles. The Morgan fingerprint density at radius 3 is 2.67 bits per heavy atom. The summed E-state index contributed by atoms with van der Waals surface area (Å²) in [6.45, 7) is 1.88. The molecule has 1 aliphatic rings. The van der Waals surface area contributed by atoms with Crippen molar-refractivity contribution in [2.45, 2.75) is 5.92 Å². The van der Waals surface area contributed by atoms with Crippen molar-refractivity contribution in [1.29, 1.82) is 0 Å². The third-order valence-electron chi connectivity index (χ3n) is 2.60. The van der Waals surface area contributed by atoms with Crippen LogP contribution in [0.25, 0.3) is 11.4 Å². The smallest absolute Gasteiger partial charge is 0.232 e. The molecule has 1 aromatic heterocycles. The second-order valence-electron chi connectivity index (χ2n) is 3.68. The summed E-state index contributed by atoms with van der Waals surface area (Å²) in [4.78, 5) is 4.38. The zero-order valence-corrected chi connectivity index (χ0v) is 8.18. The highest BCUT2D eigenvalue weighted by Gasteiger charge is 2.25. The van der Waals surface area contributed by atoms with Gasteiger partial charge in [-0.15, -0.1) is 0 Å². The number of hydrogen-bond acceptors (Lipinski definition) is 4. The normalized spacial score (nSPS) is 16.3. The van der Waals surface area contributed by atoms with Gasteiger partial charge < -0.3 is 9.84 Å². The van der Waals surface area contributed by atoms with E-state index in [9.17, 15) is 0 Å². The summed E-state index contributed by atoms with van der Waals surface area (Å²) in [6.07, 6.45) is 0. The van der Waals surface area contributed by atoms with E-state index in [1.807, 2.05) is 30.3 Å². The van der Waals surface area contributed by atoms with E-state index in [2.05, 4.69) is 15.5 Å². The zero-order chi connectivity index (χ0) is 10.1. The van der Waals surface area contributed by atoms with Gasteiger partial charge in [0.15, 0.2) is 0 Å². The van der Waals surface area contributed by atoms with Crippen molar-refractivity contribution < 1.29 is 4.52 Å². The fourth-order valence-electron chi connectivity index (χ4n) is 1.57. The highest BCUT2D eigenvalue weighted by Crippen LogP contribution is 2.21. The fraction of sp³-hybridized carbons (Fsp3) is 0.273.